The van der Waals surface area contributed by atoms with Gasteiger partial charge < -0.3 is 10.1 Å². The Kier molecular flexibility index (Phi) is 5.29. The molecule has 0 aliphatic carbocycles. The van der Waals surface area contributed by atoms with Crippen LogP contribution in [0.2, 0.25) is 0 Å². The smallest absolute Gasteiger partial charge is 0.292 e. The van der Waals surface area contributed by atoms with Gasteiger partial charge in [0.1, 0.15) is 5.69 Å². The average molecular weight is 361 g/mol. The number of benzene rings is 1. The Labute approximate surface area is 130 Å². The number of nitrogens with zero attached hydrogens (tertiary/aromatic N) is 1. The summed E-state index contributed by atoms with van der Waals surface area (Å²) < 4.78 is 6.32. The van der Waals surface area contributed by atoms with Gasteiger partial charge in [0.25, 0.3) is 5.69 Å². The van der Waals surface area contributed by atoms with Gasteiger partial charge in [0.2, 0.25) is 0 Å². The normalized spacial score (nSPS) is 17.7. The third-order valence-corrected chi connectivity index (χ3v) is 5.51. The van der Waals surface area contributed by atoms with E-state index in [2.05, 4.69) is 27.5 Å². The Morgan fingerprint density at radius 1 is 1.50 bits per heavy atom. The van der Waals surface area contributed by atoms with Crippen molar-refractivity contribution in [2.24, 2.45) is 0 Å². The van der Waals surface area contributed by atoms with Crippen LogP contribution in [-0.4, -0.2) is 35.7 Å². The molecule has 0 aromatic heterocycles. The average Bonchev–Trinajstić information content (AvgIpc) is 2.46. The van der Waals surface area contributed by atoms with Crippen molar-refractivity contribution >= 4 is 39.1 Å². The largest absolute Gasteiger partial charge is 0.381 e. The Hall–Kier alpha value is -0.790. The van der Waals surface area contributed by atoms with Gasteiger partial charge >= 0.3 is 0 Å². The zero-order chi connectivity index (χ0) is 14.6. The van der Waals surface area contributed by atoms with Gasteiger partial charge in [-0.25, -0.2) is 0 Å². The SMILES string of the molecule is CSC1(CNc2cc(Br)ccc2[N+](=O)[O-])CCOCC1. The van der Waals surface area contributed by atoms with Crippen molar-refractivity contribution in [1.29, 1.82) is 0 Å². The van der Waals surface area contributed by atoms with E-state index < -0.39 is 0 Å². The maximum Gasteiger partial charge on any atom is 0.292 e. The van der Waals surface area contributed by atoms with E-state index in [0.717, 1.165) is 30.5 Å². The third-order valence-electron chi connectivity index (χ3n) is 3.59. The van der Waals surface area contributed by atoms with Crippen LogP contribution in [0, 0.1) is 10.1 Å². The molecule has 2 rings (SSSR count). The first-order valence-corrected chi connectivity index (χ1v) is 8.39. The molecule has 1 heterocycles. The molecule has 1 aromatic rings. The number of hydrogen-bond acceptors (Lipinski definition) is 5. The number of hydrogen-bond donors (Lipinski definition) is 1. The zero-order valence-electron chi connectivity index (χ0n) is 11.2. The lowest BCUT2D eigenvalue weighted by molar-refractivity contribution is -0.384. The Morgan fingerprint density at radius 2 is 2.20 bits per heavy atom. The van der Waals surface area contributed by atoms with Gasteiger partial charge in [-0.3, -0.25) is 10.1 Å². The minimum absolute atomic E-state index is 0.0917. The summed E-state index contributed by atoms with van der Waals surface area (Å²) in [6.45, 7) is 2.21. The van der Waals surface area contributed by atoms with Crippen LogP contribution in [0.15, 0.2) is 22.7 Å². The fraction of sp³-hybridized carbons (Fsp3) is 0.538. The Balaban J connectivity index is 2.13. The molecule has 0 saturated carbocycles. The quantitative estimate of drug-likeness (QED) is 0.640. The van der Waals surface area contributed by atoms with Gasteiger partial charge in [-0.05, 0) is 31.2 Å². The molecule has 110 valence electrons. The van der Waals surface area contributed by atoms with Gasteiger partial charge in [0.05, 0.1) is 4.92 Å². The lowest BCUT2D eigenvalue weighted by atomic mass is 9.99. The molecule has 1 saturated heterocycles. The molecule has 0 spiro atoms. The van der Waals surface area contributed by atoms with Gasteiger partial charge in [-0.2, -0.15) is 11.8 Å². The van der Waals surface area contributed by atoms with Crippen LogP contribution in [-0.2, 0) is 4.74 Å². The summed E-state index contributed by atoms with van der Waals surface area (Å²) in [5.41, 5.74) is 0.667. The standard InChI is InChI=1S/C13H17BrN2O3S/c1-20-13(4-6-19-7-5-13)9-15-11-8-10(14)2-3-12(11)16(17)18/h2-3,8,15H,4-7,9H2,1H3. The Bertz CT molecular complexity index is 493. The van der Waals surface area contributed by atoms with Crippen LogP contribution in [0.1, 0.15) is 12.8 Å². The zero-order valence-corrected chi connectivity index (χ0v) is 13.6. The van der Waals surface area contributed by atoms with E-state index in [1.165, 1.54) is 6.07 Å². The summed E-state index contributed by atoms with van der Waals surface area (Å²) in [5.74, 6) is 0. The first-order valence-electron chi connectivity index (χ1n) is 6.37. The molecular formula is C13H17BrN2O3S. The fourth-order valence-corrected chi connectivity index (χ4v) is 3.41. The summed E-state index contributed by atoms with van der Waals surface area (Å²) in [7, 11) is 0. The van der Waals surface area contributed by atoms with Crippen LogP contribution in [0.25, 0.3) is 0 Å². The van der Waals surface area contributed by atoms with Crippen molar-refractivity contribution in [3.63, 3.8) is 0 Å². The van der Waals surface area contributed by atoms with E-state index in [0.29, 0.717) is 12.2 Å². The number of thioether (sulfide) groups is 1. The number of nitro benzene ring substituents is 1. The maximum absolute atomic E-state index is 11.1. The Morgan fingerprint density at radius 3 is 2.80 bits per heavy atom. The molecule has 0 bridgehead atoms. The molecule has 1 aliphatic rings. The topological polar surface area (TPSA) is 64.4 Å². The highest BCUT2D eigenvalue weighted by Crippen LogP contribution is 2.35. The number of halogens is 1. The van der Waals surface area contributed by atoms with E-state index in [-0.39, 0.29) is 15.4 Å². The second-order valence-electron chi connectivity index (χ2n) is 4.77. The molecule has 0 atom stereocenters. The summed E-state index contributed by atoms with van der Waals surface area (Å²) >= 11 is 5.16. The van der Waals surface area contributed by atoms with Crippen LogP contribution >= 0.6 is 27.7 Å². The first-order chi connectivity index (χ1) is 9.56. The predicted octanol–water partition coefficient (Wildman–Crippen LogP) is 3.68. The van der Waals surface area contributed by atoms with E-state index >= 15 is 0 Å². The third kappa shape index (κ3) is 3.65. The summed E-state index contributed by atoms with van der Waals surface area (Å²) in [4.78, 5) is 10.7. The van der Waals surface area contributed by atoms with Gasteiger partial charge in [0.15, 0.2) is 0 Å². The highest BCUT2D eigenvalue weighted by molar-refractivity contribution is 9.10. The van der Waals surface area contributed by atoms with Gasteiger partial charge in [0, 0.05) is 35.0 Å². The second-order valence-corrected chi connectivity index (χ2v) is 6.96. The molecule has 1 aliphatic heterocycles. The molecule has 0 amide bonds. The number of rotatable bonds is 5. The molecule has 5 nitrogen and oxygen atoms in total. The lowest BCUT2D eigenvalue weighted by Crippen LogP contribution is -2.39. The first kappa shape index (κ1) is 15.6. The van der Waals surface area contributed by atoms with Crippen molar-refractivity contribution in [2.45, 2.75) is 17.6 Å². The van der Waals surface area contributed by atoms with Crippen molar-refractivity contribution in [2.75, 3.05) is 31.3 Å². The number of ether oxygens (including phenoxy) is 1. The van der Waals surface area contributed by atoms with Crippen molar-refractivity contribution in [3.8, 4) is 0 Å². The van der Waals surface area contributed by atoms with Crippen LogP contribution in [0.4, 0.5) is 11.4 Å². The van der Waals surface area contributed by atoms with E-state index in [9.17, 15) is 10.1 Å². The van der Waals surface area contributed by atoms with Crippen LogP contribution in [0.3, 0.4) is 0 Å². The number of nitro groups is 1. The summed E-state index contributed by atoms with van der Waals surface area (Å²) in [6.07, 6.45) is 4.01. The van der Waals surface area contributed by atoms with Gasteiger partial charge in [-0.15, -0.1) is 0 Å². The molecule has 1 N–H and O–H groups in total. The molecular weight excluding hydrogens is 344 g/mol. The molecule has 0 unspecified atom stereocenters. The highest BCUT2D eigenvalue weighted by Gasteiger charge is 2.32. The fourth-order valence-electron chi connectivity index (χ4n) is 2.26. The van der Waals surface area contributed by atoms with Crippen molar-refractivity contribution in [1.82, 2.24) is 0 Å². The summed E-state index contributed by atoms with van der Waals surface area (Å²) in [5, 5.41) is 14.3. The molecule has 20 heavy (non-hydrogen) atoms. The van der Waals surface area contributed by atoms with E-state index in [1.807, 2.05) is 0 Å². The lowest BCUT2D eigenvalue weighted by Gasteiger charge is -2.36. The highest BCUT2D eigenvalue weighted by atomic mass is 79.9. The number of anilines is 1. The van der Waals surface area contributed by atoms with Crippen molar-refractivity contribution in [3.05, 3.63) is 32.8 Å². The van der Waals surface area contributed by atoms with E-state index in [1.54, 1.807) is 23.9 Å². The molecule has 1 fully saturated rings. The van der Waals surface area contributed by atoms with Crippen molar-refractivity contribution < 1.29 is 9.66 Å². The molecule has 7 heteroatoms. The second kappa shape index (κ2) is 6.78. The van der Waals surface area contributed by atoms with Gasteiger partial charge in [-0.1, -0.05) is 15.9 Å². The van der Waals surface area contributed by atoms with Crippen LogP contribution < -0.4 is 5.32 Å². The minimum atomic E-state index is -0.357. The minimum Gasteiger partial charge on any atom is -0.381 e. The molecule has 0 radical (unpaired) electrons. The molecule has 1 aromatic carbocycles. The van der Waals surface area contributed by atoms with Crippen LogP contribution in [0.5, 0.6) is 0 Å². The number of nitrogens with one attached hydrogen (secondary N) is 1. The monoisotopic (exact) mass is 360 g/mol. The van der Waals surface area contributed by atoms with E-state index in [4.69, 9.17) is 4.74 Å². The maximum atomic E-state index is 11.1. The summed E-state index contributed by atoms with van der Waals surface area (Å²) in [6, 6.07) is 4.95. The predicted molar refractivity (Wildman–Crippen MR) is 85.6 cm³/mol.